The molecule has 1 atom stereocenters. The Labute approximate surface area is 198 Å². The van der Waals surface area contributed by atoms with Crippen molar-refractivity contribution in [2.75, 3.05) is 11.3 Å². The van der Waals surface area contributed by atoms with Crippen molar-refractivity contribution in [3.8, 4) is 0 Å². The van der Waals surface area contributed by atoms with Crippen LogP contribution in [0.2, 0.25) is 0 Å². The molecule has 182 valence electrons. The molecule has 1 heterocycles. The maximum atomic E-state index is 14.0. The summed E-state index contributed by atoms with van der Waals surface area (Å²) in [5.41, 5.74) is -0.449. The maximum absolute atomic E-state index is 14.0. The highest BCUT2D eigenvalue weighted by atomic mass is 32.2. The van der Waals surface area contributed by atoms with Gasteiger partial charge in [-0.2, -0.15) is 0 Å². The number of aromatic nitrogens is 2. The Kier molecular flexibility index (Phi) is 7.83. The maximum Gasteiger partial charge on any atom is 0.264 e. The minimum Gasteiger partial charge on any atom is -0.390 e. The van der Waals surface area contributed by atoms with Crippen LogP contribution in [0.1, 0.15) is 50.4 Å². The molecule has 8 nitrogen and oxygen atoms in total. The predicted octanol–water partition coefficient (Wildman–Crippen LogP) is 3.88. The van der Waals surface area contributed by atoms with Gasteiger partial charge in [-0.1, -0.05) is 20.8 Å². The molecule has 1 aromatic heterocycles. The average Bonchev–Trinajstić information content (AvgIpc) is 2.79. The standard InChI is InChI=1S/C24H29FN4O4S/c1-4-24(31,15-16(2)3)11-12-28-23(30)17-5-7-18(8-6-17)29-34(32,33)20-10-9-19(25)21-22(20)27-14-13-26-21/h5-10,13-14,16,29,31H,4,11-12,15H2,1-3H3,(H,28,30). The van der Waals surface area contributed by atoms with Gasteiger partial charge in [0.1, 0.15) is 15.9 Å². The number of rotatable bonds is 10. The Hall–Kier alpha value is -3.11. The highest BCUT2D eigenvalue weighted by molar-refractivity contribution is 7.93. The summed E-state index contributed by atoms with van der Waals surface area (Å²) in [6.45, 7) is 6.33. The number of hydrogen-bond donors (Lipinski definition) is 3. The molecule has 3 rings (SSSR count). The summed E-state index contributed by atoms with van der Waals surface area (Å²) in [5.74, 6) is -0.645. The summed E-state index contributed by atoms with van der Waals surface area (Å²) in [5, 5.41) is 13.4. The zero-order valence-corrected chi connectivity index (χ0v) is 20.2. The van der Waals surface area contributed by atoms with Crippen molar-refractivity contribution < 1.29 is 22.7 Å². The molecule has 0 fully saturated rings. The average molecular weight is 489 g/mol. The molecule has 34 heavy (non-hydrogen) atoms. The number of fused-ring (bicyclic) bond motifs is 1. The lowest BCUT2D eigenvalue weighted by atomic mass is 9.87. The Bertz CT molecular complexity index is 1270. The van der Waals surface area contributed by atoms with E-state index in [0.29, 0.717) is 37.3 Å². The van der Waals surface area contributed by atoms with Crippen molar-refractivity contribution >= 4 is 32.7 Å². The Balaban J connectivity index is 1.67. The molecule has 0 aliphatic carbocycles. The molecule has 3 aromatic rings. The largest absolute Gasteiger partial charge is 0.390 e. The van der Waals surface area contributed by atoms with E-state index in [-0.39, 0.29) is 27.5 Å². The van der Waals surface area contributed by atoms with Gasteiger partial charge < -0.3 is 10.4 Å². The van der Waals surface area contributed by atoms with E-state index in [0.717, 1.165) is 12.1 Å². The summed E-state index contributed by atoms with van der Waals surface area (Å²) < 4.78 is 42.1. The predicted molar refractivity (Wildman–Crippen MR) is 128 cm³/mol. The fourth-order valence-electron chi connectivity index (χ4n) is 3.81. The number of nitrogens with one attached hydrogen (secondary N) is 2. The third kappa shape index (κ3) is 6.06. The van der Waals surface area contributed by atoms with Crippen molar-refractivity contribution in [3.05, 3.63) is 60.2 Å². The molecule has 1 unspecified atom stereocenters. The molecular formula is C24H29FN4O4S. The number of anilines is 1. The molecule has 0 aliphatic rings. The highest BCUT2D eigenvalue weighted by Gasteiger charge is 2.25. The zero-order valence-electron chi connectivity index (χ0n) is 19.4. The van der Waals surface area contributed by atoms with Gasteiger partial charge in [-0.25, -0.2) is 17.8 Å². The molecule has 0 saturated heterocycles. The van der Waals surface area contributed by atoms with E-state index in [1.807, 2.05) is 20.8 Å². The monoisotopic (exact) mass is 488 g/mol. The molecule has 1 amide bonds. The molecule has 0 radical (unpaired) electrons. The van der Waals surface area contributed by atoms with Gasteiger partial charge in [0.15, 0.2) is 5.82 Å². The van der Waals surface area contributed by atoms with Crippen LogP contribution in [0.15, 0.2) is 53.7 Å². The normalized spacial score (nSPS) is 13.6. The van der Waals surface area contributed by atoms with E-state index in [1.54, 1.807) is 0 Å². The van der Waals surface area contributed by atoms with E-state index in [4.69, 9.17) is 0 Å². The lowest BCUT2D eigenvalue weighted by Gasteiger charge is -2.28. The van der Waals surface area contributed by atoms with E-state index < -0.39 is 21.4 Å². The van der Waals surface area contributed by atoms with Gasteiger partial charge in [0.25, 0.3) is 15.9 Å². The number of hydrogen-bond acceptors (Lipinski definition) is 6. The number of nitrogens with zero attached hydrogens (tertiary/aromatic N) is 2. The van der Waals surface area contributed by atoms with Crippen LogP contribution < -0.4 is 10.0 Å². The van der Waals surface area contributed by atoms with Crippen molar-refractivity contribution in [2.45, 2.75) is 50.5 Å². The second kappa shape index (κ2) is 10.4. The van der Waals surface area contributed by atoms with Crippen molar-refractivity contribution in [1.82, 2.24) is 15.3 Å². The van der Waals surface area contributed by atoms with E-state index in [1.165, 1.54) is 36.7 Å². The van der Waals surface area contributed by atoms with E-state index in [2.05, 4.69) is 20.0 Å². The Morgan fingerprint density at radius 2 is 1.74 bits per heavy atom. The van der Waals surface area contributed by atoms with E-state index in [9.17, 15) is 22.7 Å². The van der Waals surface area contributed by atoms with Crippen LogP contribution >= 0.6 is 0 Å². The SMILES string of the molecule is CCC(O)(CCNC(=O)c1ccc(NS(=O)(=O)c2ccc(F)c3nccnc23)cc1)CC(C)C. The number of benzene rings is 2. The summed E-state index contributed by atoms with van der Waals surface area (Å²) in [6, 6.07) is 8.08. The third-order valence-corrected chi connectivity index (χ3v) is 6.96. The topological polar surface area (TPSA) is 121 Å². The van der Waals surface area contributed by atoms with Crippen molar-refractivity contribution in [3.63, 3.8) is 0 Å². The van der Waals surface area contributed by atoms with Gasteiger partial charge in [-0.3, -0.25) is 14.5 Å². The first-order valence-electron chi connectivity index (χ1n) is 11.1. The quantitative estimate of drug-likeness (QED) is 0.398. The zero-order chi connectivity index (χ0) is 24.9. The van der Waals surface area contributed by atoms with Crippen LogP contribution in [0.4, 0.5) is 10.1 Å². The fourth-order valence-corrected chi connectivity index (χ4v) is 5.02. The van der Waals surface area contributed by atoms with E-state index >= 15 is 0 Å². The van der Waals surface area contributed by atoms with Crippen LogP contribution in [-0.2, 0) is 10.0 Å². The van der Waals surface area contributed by atoms with Gasteiger partial charge in [0, 0.05) is 30.2 Å². The van der Waals surface area contributed by atoms with Gasteiger partial charge in [0.05, 0.1) is 5.60 Å². The third-order valence-electron chi connectivity index (χ3n) is 5.55. The second-order valence-corrected chi connectivity index (χ2v) is 10.3. The first kappa shape index (κ1) is 25.5. The van der Waals surface area contributed by atoms with Crippen LogP contribution in [-0.4, -0.2) is 41.5 Å². The first-order chi connectivity index (χ1) is 16.0. The molecule has 10 heteroatoms. The number of amides is 1. The number of halogens is 1. The molecule has 0 aliphatic heterocycles. The molecule has 3 N–H and O–H groups in total. The number of sulfonamides is 1. The first-order valence-corrected chi connectivity index (χ1v) is 12.6. The van der Waals surface area contributed by atoms with Crippen LogP contribution in [0.5, 0.6) is 0 Å². The molecule has 0 spiro atoms. The summed E-state index contributed by atoms with van der Waals surface area (Å²) in [7, 11) is -4.08. The Morgan fingerprint density at radius 1 is 1.09 bits per heavy atom. The molecular weight excluding hydrogens is 459 g/mol. The summed E-state index contributed by atoms with van der Waals surface area (Å²) in [4.78, 5) is 20.1. The minimum absolute atomic E-state index is 0.0736. The molecule has 2 aromatic carbocycles. The van der Waals surface area contributed by atoms with Gasteiger partial charge in [-0.05, 0) is 61.6 Å². The van der Waals surface area contributed by atoms with Crippen LogP contribution in [0.3, 0.4) is 0 Å². The summed E-state index contributed by atoms with van der Waals surface area (Å²) >= 11 is 0. The lowest BCUT2D eigenvalue weighted by molar-refractivity contribution is 0.00829. The van der Waals surface area contributed by atoms with Crippen molar-refractivity contribution in [2.24, 2.45) is 5.92 Å². The molecule has 0 saturated carbocycles. The number of aliphatic hydroxyl groups is 1. The minimum atomic E-state index is -4.08. The summed E-state index contributed by atoms with van der Waals surface area (Å²) in [6.07, 6.45) is 4.28. The highest BCUT2D eigenvalue weighted by Crippen LogP contribution is 2.25. The smallest absolute Gasteiger partial charge is 0.264 e. The van der Waals surface area contributed by atoms with Crippen LogP contribution in [0, 0.1) is 11.7 Å². The molecule has 0 bridgehead atoms. The lowest BCUT2D eigenvalue weighted by Crippen LogP contribution is -2.35. The number of carbonyl (C=O) groups excluding carboxylic acids is 1. The Morgan fingerprint density at radius 3 is 2.35 bits per heavy atom. The second-order valence-electron chi connectivity index (χ2n) is 8.66. The van der Waals surface area contributed by atoms with Gasteiger partial charge in [0.2, 0.25) is 0 Å². The van der Waals surface area contributed by atoms with Gasteiger partial charge in [-0.15, -0.1) is 0 Å². The fraction of sp³-hybridized carbons (Fsp3) is 0.375. The number of carbonyl (C=O) groups is 1. The van der Waals surface area contributed by atoms with Gasteiger partial charge >= 0.3 is 0 Å². The van der Waals surface area contributed by atoms with Crippen molar-refractivity contribution in [1.29, 1.82) is 0 Å². The van der Waals surface area contributed by atoms with Crippen LogP contribution in [0.25, 0.3) is 11.0 Å².